The highest BCUT2D eigenvalue weighted by atomic mass is 32.2. The minimum atomic E-state index is -6.94. The molecule has 0 aromatic rings. The number of halogens is 9. The summed E-state index contributed by atoms with van der Waals surface area (Å²) in [6, 6.07) is 0. The Balaban J connectivity index is 3.87. The summed E-state index contributed by atoms with van der Waals surface area (Å²) in [6.45, 7) is 0. The molecule has 0 aromatic heterocycles. The first kappa shape index (κ1) is 15.3. The zero-order valence-electron chi connectivity index (χ0n) is 7.70. The SMILES string of the molecule is NS(=O)(=O)C1(F)C(F)(F)C(F)(F)C(F)(F)C1(F)F. The second-order valence-electron chi connectivity index (χ2n) is 3.44. The summed E-state index contributed by atoms with van der Waals surface area (Å²) >= 11 is 0. The maximum Gasteiger partial charge on any atom is 0.383 e. The Morgan fingerprint density at radius 1 is 0.611 bits per heavy atom. The van der Waals surface area contributed by atoms with Crippen molar-refractivity contribution in [1.29, 1.82) is 0 Å². The maximum absolute atomic E-state index is 13.2. The van der Waals surface area contributed by atoms with Crippen LogP contribution in [0.1, 0.15) is 0 Å². The topological polar surface area (TPSA) is 60.2 Å². The van der Waals surface area contributed by atoms with Gasteiger partial charge in [0.25, 0.3) is 10.0 Å². The molecule has 1 aliphatic rings. The predicted molar refractivity (Wildman–Crippen MR) is 36.7 cm³/mol. The number of nitrogens with two attached hydrogens (primary N) is 1. The van der Waals surface area contributed by atoms with Gasteiger partial charge in [0, 0.05) is 0 Å². The van der Waals surface area contributed by atoms with Gasteiger partial charge in [-0.05, 0) is 0 Å². The van der Waals surface area contributed by atoms with Gasteiger partial charge in [-0.3, -0.25) is 0 Å². The molecule has 0 amide bonds. The molecule has 1 fully saturated rings. The van der Waals surface area contributed by atoms with Crippen molar-refractivity contribution >= 4 is 10.0 Å². The molecule has 0 spiro atoms. The van der Waals surface area contributed by atoms with Crippen molar-refractivity contribution in [2.45, 2.75) is 28.7 Å². The predicted octanol–water partition coefficient (Wildman–Crippen LogP) is 1.50. The van der Waals surface area contributed by atoms with Crippen molar-refractivity contribution in [1.82, 2.24) is 0 Å². The van der Waals surface area contributed by atoms with Crippen LogP contribution in [-0.2, 0) is 10.0 Å². The molecule has 13 heteroatoms. The Kier molecular flexibility index (Phi) is 2.60. The molecule has 0 saturated heterocycles. The minimum absolute atomic E-state index is 3.64. The first-order valence-corrected chi connectivity index (χ1v) is 5.27. The normalized spacial score (nSPS) is 31.2. The zero-order chi connectivity index (χ0) is 15.0. The lowest BCUT2D eigenvalue weighted by atomic mass is 10.2. The van der Waals surface area contributed by atoms with E-state index >= 15 is 0 Å². The number of hydrogen-bond donors (Lipinski definition) is 1. The molecule has 0 unspecified atom stereocenters. The van der Waals surface area contributed by atoms with Gasteiger partial charge in [-0.1, -0.05) is 0 Å². The molecule has 2 N–H and O–H groups in total. The van der Waals surface area contributed by atoms with Crippen LogP contribution in [0.2, 0.25) is 0 Å². The Morgan fingerprint density at radius 3 is 0.944 bits per heavy atom. The van der Waals surface area contributed by atoms with Crippen molar-refractivity contribution in [3.63, 3.8) is 0 Å². The van der Waals surface area contributed by atoms with E-state index in [4.69, 9.17) is 0 Å². The van der Waals surface area contributed by atoms with Gasteiger partial charge in [-0.15, -0.1) is 0 Å². The average molecular weight is 311 g/mol. The monoisotopic (exact) mass is 311 g/mol. The van der Waals surface area contributed by atoms with E-state index in [0.717, 1.165) is 0 Å². The number of rotatable bonds is 1. The fraction of sp³-hybridized carbons (Fsp3) is 1.00. The first-order chi connectivity index (χ1) is 7.50. The van der Waals surface area contributed by atoms with Gasteiger partial charge in [0.2, 0.25) is 0 Å². The van der Waals surface area contributed by atoms with E-state index in [1.807, 2.05) is 0 Å². The second kappa shape index (κ2) is 3.05. The van der Waals surface area contributed by atoms with Crippen molar-refractivity contribution in [3.8, 4) is 0 Å². The molecule has 0 bridgehead atoms. The molecule has 0 aromatic carbocycles. The highest BCUT2D eigenvalue weighted by Gasteiger charge is 3.04. The summed E-state index contributed by atoms with van der Waals surface area (Å²) in [5, 5.41) is -2.99. The molecule has 0 radical (unpaired) electrons. The number of alkyl halides is 9. The Bertz CT molecular complexity index is 457. The highest BCUT2D eigenvalue weighted by molar-refractivity contribution is 7.90. The largest absolute Gasteiger partial charge is 0.383 e. The fourth-order valence-electron chi connectivity index (χ4n) is 1.35. The lowest BCUT2D eigenvalue weighted by Gasteiger charge is -2.28. The van der Waals surface area contributed by atoms with Gasteiger partial charge in [0.1, 0.15) is 0 Å². The second-order valence-corrected chi connectivity index (χ2v) is 5.09. The van der Waals surface area contributed by atoms with Gasteiger partial charge in [0.15, 0.2) is 0 Å². The van der Waals surface area contributed by atoms with Crippen LogP contribution in [0.15, 0.2) is 0 Å². The van der Waals surface area contributed by atoms with E-state index in [1.165, 1.54) is 0 Å². The molecule has 1 saturated carbocycles. The molecular weight excluding hydrogens is 309 g/mol. The first-order valence-electron chi connectivity index (χ1n) is 3.72. The Morgan fingerprint density at radius 2 is 0.833 bits per heavy atom. The van der Waals surface area contributed by atoms with Crippen LogP contribution >= 0.6 is 0 Å². The standard InChI is InChI=1S/C5H2F9NO2S/c6-1(7)2(8,9)4(12,13)5(14,3(1,10)11)18(15,16)17/h(H2,15,16,17). The Hall–Kier alpha value is -0.720. The summed E-state index contributed by atoms with van der Waals surface area (Å²) < 4.78 is 135. The third-order valence-corrected chi connectivity index (χ3v) is 3.68. The summed E-state index contributed by atoms with van der Waals surface area (Å²) in [4.78, 5) is 0. The van der Waals surface area contributed by atoms with E-state index in [-0.39, 0.29) is 0 Å². The van der Waals surface area contributed by atoms with Crippen LogP contribution in [0, 0.1) is 0 Å². The number of sulfonamides is 1. The lowest BCUT2D eigenvalue weighted by Crippen LogP contribution is -2.62. The lowest BCUT2D eigenvalue weighted by molar-refractivity contribution is -0.303. The van der Waals surface area contributed by atoms with Gasteiger partial charge in [-0.25, -0.2) is 17.9 Å². The molecule has 0 aliphatic heterocycles. The van der Waals surface area contributed by atoms with E-state index in [1.54, 1.807) is 0 Å². The Labute approximate surface area is 92.8 Å². The average Bonchev–Trinajstić information content (AvgIpc) is 2.16. The number of hydrogen-bond acceptors (Lipinski definition) is 2. The quantitative estimate of drug-likeness (QED) is 0.746. The van der Waals surface area contributed by atoms with Crippen molar-refractivity contribution in [3.05, 3.63) is 0 Å². The molecule has 0 atom stereocenters. The van der Waals surface area contributed by atoms with Crippen LogP contribution in [0.25, 0.3) is 0 Å². The van der Waals surface area contributed by atoms with Crippen molar-refractivity contribution < 1.29 is 47.9 Å². The third kappa shape index (κ3) is 1.10. The van der Waals surface area contributed by atoms with E-state index in [0.29, 0.717) is 0 Å². The molecule has 108 valence electrons. The summed E-state index contributed by atoms with van der Waals surface area (Å²) in [7, 11) is -6.79. The maximum atomic E-state index is 13.2. The molecular formula is C5H2F9NO2S. The molecule has 1 aliphatic carbocycles. The van der Waals surface area contributed by atoms with Crippen molar-refractivity contribution in [2.24, 2.45) is 5.14 Å². The van der Waals surface area contributed by atoms with Gasteiger partial charge >= 0.3 is 28.7 Å². The highest BCUT2D eigenvalue weighted by Crippen LogP contribution is 2.70. The van der Waals surface area contributed by atoms with E-state index < -0.39 is 38.7 Å². The number of primary sulfonamides is 1. The van der Waals surface area contributed by atoms with Crippen LogP contribution in [-0.4, -0.2) is 37.1 Å². The van der Waals surface area contributed by atoms with Gasteiger partial charge in [-0.2, -0.15) is 35.1 Å². The van der Waals surface area contributed by atoms with Crippen molar-refractivity contribution in [2.75, 3.05) is 0 Å². The minimum Gasteiger partial charge on any atom is -0.226 e. The summed E-state index contributed by atoms with van der Waals surface area (Å²) in [5.74, 6) is -27.7. The van der Waals surface area contributed by atoms with Gasteiger partial charge < -0.3 is 0 Å². The smallest absolute Gasteiger partial charge is 0.226 e. The van der Waals surface area contributed by atoms with Crippen LogP contribution in [0.3, 0.4) is 0 Å². The van der Waals surface area contributed by atoms with Crippen LogP contribution in [0.5, 0.6) is 0 Å². The summed E-state index contributed by atoms with van der Waals surface area (Å²) in [5.41, 5.74) is 0. The van der Waals surface area contributed by atoms with Gasteiger partial charge in [0.05, 0.1) is 0 Å². The van der Waals surface area contributed by atoms with E-state index in [9.17, 15) is 47.9 Å². The van der Waals surface area contributed by atoms with Crippen LogP contribution < -0.4 is 5.14 Å². The zero-order valence-corrected chi connectivity index (χ0v) is 8.52. The molecule has 1 rings (SSSR count). The fourth-order valence-corrected chi connectivity index (χ4v) is 2.32. The third-order valence-electron chi connectivity index (χ3n) is 2.38. The molecule has 0 heterocycles. The summed E-state index contributed by atoms with van der Waals surface area (Å²) in [6.07, 6.45) is 0. The molecule has 3 nitrogen and oxygen atoms in total. The van der Waals surface area contributed by atoms with Crippen LogP contribution in [0.4, 0.5) is 39.5 Å². The molecule has 18 heavy (non-hydrogen) atoms. The van der Waals surface area contributed by atoms with E-state index in [2.05, 4.69) is 5.14 Å².